The number of carbonyl (C=O) groups is 3. The number of anilines is 1. The Morgan fingerprint density at radius 2 is 1.93 bits per heavy atom. The molecule has 0 saturated heterocycles. The first-order chi connectivity index (χ1) is 13.8. The van der Waals surface area contributed by atoms with Crippen LogP contribution in [-0.2, 0) is 27.1 Å². The van der Waals surface area contributed by atoms with E-state index in [1.165, 1.54) is 22.7 Å². The Bertz CT molecular complexity index is 947. The van der Waals surface area contributed by atoms with E-state index < -0.39 is 24.5 Å². The number of thiazole rings is 1. The predicted molar refractivity (Wildman–Crippen MR) is 112 cm³/mol. The van der Waals surface area contributed by atoms with E-state index in [0.717, 1.165) is 34.7 Å². The third-order valence-corrected chi connectivity index (χ3v) is 6.89. The van der Waals surface area contributed by atoms with Gasteiger partial charge in [0, 0.05) is 4.88 Å². The standard InChI is InChI=1S/C20H24N2O5S2/c1-5-26-19(24)16-13-7-6-10(2)8-14(13)29-18(16)22-15(23)9-27-20(25)17-11(3)21-12(4)28-17/h10H,5-9H2,1-4H3,(H,22,23). The number of aryl methyl sites for hydroxylation is 2. The van der Waals surface area contributed by atoms with E-state index in [0.29, 0.717) is 27.1 Å². The summed E-state index contributed by atoms with van der Waals surface area (Å²) >= 11 is 2.64. The minimum atomic E-state index is -0.576. The summed E-state index contributed by atoms with van der Waals surface area (Å²) in [6, 6.07) is 0. The number of ether oxygens (including phenoxy) is 2. The van der Waals surface area contributed by atoms with Crippen molar-refractivity contribution in [2.75, 3.05) is 18.5 Å². The van der Waals surface area contributed by atoms with Crippen molar-refractivity contribution in [3.8, 4) is 0 Å². The number of thiophene rings is 1. The van der Waals surface area contributed by atoms with Crippen LogP contribution in [0.15, 0.2) is 0 Å². The van der Waals surface area contributed by atoms with E-state index in [-0.39, 0.29) is 6.61 Å². The quantitative estimate of drug-likeness (QED) is 0.690. The minimum Gasteiger partial charge on any atom is -0.462 e. The highest BCUT2D eigenvalue weighted by molar-refractivity contribution is 7.17. The maximum atomic E-state index is 12.5. The maximum Gasteiger partial charge on any atom is 0.350 e. The number of carbonyl (C=O) groups excluding carboxylic acids is 3. The normalized spacial score (nSPS) is 15.5. The lowest BCUT2D eigenvalue weighted by Crippen LogP contribution is -2.22. The molecule has 0 bridgehead atoms. The summed E-state index contributed by atoms with van der Waals surface area (Å²) in [6.07, 6.45) is 2.66. The van der Waals surface area contributed by atoms with Crippen LogP contribution in [0.1, 0.15) is 61.4 Å². The number of amides is 1. The highest BCUT2D eigenvalue weighted by Gasteiger charge is 2.29. The van der Waals surface area contributed by atoms with Crippen LogP contribution >= 0.6 is 22.7 Å². The summed E-state index contributed by atoms with van der Waals surface area (Å²) in [5.74, 6) is -0.961. The molecule has 7 nitrogen and oxygen atoms in total. The van der Waals surface area contributed by atoms with Gasteiger partial charge in [0.25, 0.3) is 5.91 Å². The smallest absolute Gasteiger partial charge is 0.350 e. The summed E-state index contributed by atoms with van der Waals surface area (Å²) in [5.41, 5.74) is 1.99. The maximum absolute atomic E-state index is 12.5. The minimum absolute atomic E-state index is 0.262. The Hall–Kier alpha value is -2.26. The van der Waals surface area contributed by atoms with Gasteiger partial charge in [0.15, 0.2) is 6.61 Å². The second-order valence-corrected chi connectivity index (χ2v) is 9.36. The molecule has 0 radical (unpaired) electrons. The molecule has 0 spiro atoms. The SMILES string of the molecule is CCOC(=O)c1c(NC(=O)COC(=O)c2sc(C)nc2C)sc2c1CCC(C)C2. The Kier molecular flexibility index (Phi) is 6.69. The van der Waals surface area contributed by atoms with Gasteiger partial charge < -0.3 is 14.8 Å². The van der Waals surface area contributed by atoms with Crippen molar-refractivity contribution in [3.63, 3.8) is 0 Å². The predicted octanol–water partition coefficient (Wildman–Crippen LogP) is 3.92. The van der Waals surface area contributed by atoms with Crippen LogP contribution in [0.5, 0.6) is 0 Å². The third-order valence-electron chi connectivity index (χ3n) is 4.67. The number of aromatic nitrogens is 1. The van der Waals surface area contributed by atoms with E-state index >= 15 is 0 Å². The summed E-state index contributed by atoms with van der Waals surface area (Å²) in [4.78, 5) is 42.8. The molecule has 0 aliphatic heterocycles. The zero-order valence-electron chi connectivity index (χ0n) is 16.9. The van der Waals surface area contributed by atoms with Gasteiger partial charge in [-0.25, -0.2) is 14.6 Å². The van der Waals surface area contributed by atoms with Crippen LogP contribution in [0.4, 0.5) is 5.00 Å². The second kappa shape index (κ2) is 9.04. The third kappa shape index (κ3) is 4.84. The van der Waals surface area contributed by atoms with Crippen LogP contribution in [0.25, 0.3) is 0 Å². The van der Waals surface area contributed by atoms with Crippen LogP contribution in [-0.4, -0.2) is 36.0 Å². The molecule has 1 atom stereocenters. The van der Waals surface area contributed by atoms with Crippen LogP contribution < -0.4 is 5.32 Å². The second-order valence-electron chi connectivity index (χ2n) is 7.05. The zero-order chi connectivity index (χ0) is 21.1. The fourth-order valence-electron chi connectivity index (χ4n) is 3.34. The number of esters is 2. The number of hydrogen-bond donors (Lipinski definition) is 1. The fourth-order valence-corrected chi connectivity index (χ4v) is 5.57. The molecule has 1 amide bonds. The Balaban J connectivity index is 1.71. The molecular formula is C20H24N2O5S2. The van der Waals surface area contributed by atoms with Crippen molar-refractivity contribution in [1.29, 1.82) is 0 Å². The van der Waals surface area contributed by atoms with Gasteiger partial charge in [-0.05, 0) is 51.5 Å². The van der Waals surface area contributed by atoms with Gasteiger partial charge in [0.05, 0.1) is 22.9 Å². The Morgan fingerprint density at radius 1 is 1.17 bits per heavy atom. The summed E-state index contributed by atoms with van der Waals surface area (Å²) < 4.78 is 10.3. The van der Waals surface area contributed by atoms with E-state index in [1.54, 1.807) is 20.8 Å². The van der Waals surface area contributed by atoms with E-state index in [2.05, 4.69) is 17.2 Å². The van der Waals surface area contributed by atoms with Gasteiger partial charge in [0.2, 0.25) is 0 Å². The molecule has 2 aromatic rings. The lowest BCUT2D eigenvalue weighted by molar-refractivity contribution is -0.119. The van der Waals surface area contributed by atoms with Gasteiger partial charge in [-0.1, -0.05) is 6.92 Å². The summed E-state index contributed by atoms with van der Waals surface area (Å²) in [6.45, 7) is 7.28. The molecule has 156 valence electrons. The van der Waals surface area contributed by atoms with E-state index in [1.807, 2.05) is 0 Å². The highest BCUT2D eigenvalue weighted by Crippen LogP contribution is 2.40. The lowest BCUT2D eigenvalue weighted by Gasteiger charge is -2.18. The first-order valence-electron chi connectivity index (χ1n) is 9.52. The number of rotatable bonds is 6. The molecule has 1 aliphatic rings. The first-order valence-corrected chi connectivity index (χ1v) is 11.2. The van der Waals surface area contributed by atoms with Crippen molar-refractivity contribution >= 4 is 45.5 Å². The van der Waals surface area contributed by atoms with E-state index in [9.17, 15) is 14.4 Å². The monoisotopic (exact) mass is 436 g/mol. The van der Waals surface area contributed by atoms with Gasteiger partial charge >= 0.3 is 11.9 Å². The van der Waals surface area contributed by atoms with Crippen molar-refractivity contribution in [2.24, 2.45) is 5.92 Å². The summed E-state index contributed by atoms with van der Waals surface area (Å²) in [7, 11) is 0. The lowest BCUT2D eigenvalue weighted by atomic mass is 9.88. The number of nitrogens with one attached hydrogen (secondary N) is 1. The Morgan fingerprint density at radius 3 is 2.59 bits per heavy atom. The first kappa shape index (κ1) is 21.4. The van der Waals surface area contributed by atoms with Gasteiger partial charge in [0.1, 0.15) is 9.88 Å². The summed E-state index contributed by atoms with van der Waals surface area (Å²) in [5, 5.41) is 3.96. The number of hydrogen-bond acceptors (Lipinski definition) is 8. The largest absolute Gasteiger partial charge is 0.462 e. The zero-order valence-corrected chi connectivity index (χ0v) is 18.6. The van der Waals surface area contributed by atoms with Gasteiger partial charge in [-0.3, -0.25) is 4.79 Å². The Labute approximate surface area is 177 Å². The average Bonchev–Trinajstić information content (AvgIpc) is 3.18. The molecule has 2 aromatic heterocycles. The van der Waals surface area contributed by atoms with Crippen molar-refractivity contribution in [2.45, 2.75) is 47.0 Å². The number of fused-ring (bicyclic) bond motifs is 1. The fraction of sp³-hybridized carbons (Fsp3) is 0.500. The number of nitrogens with zero attached hydrogens (tertiary/aromatic N) is 1. The highest BCUT2D eigenvalue weighted by atomic mass is 32.1. The molecule has 2 heterocycles. The molecule has 1 unspecified atom stereocenters. The van der Waals surface area contributed by atoms with Gasteiger partial charge in [-0.2, -0.15) is 0 Å². The molecule has 0 saturated carbocycles. The molecule has 0 aromatic carbocycles. The van der Waals surface area contributed by atoms with Crippen molar-refractivity contribution in [1.82, 2.24) is 4.98 Å². The molecule has 9 heteroatoms. The molecule has 29 heavy (non-hydrogen) atoms. The molecule has 1 aliphatic carbocycles. The van der Waals surface area contributed by atoms with Gasteiger partial charge in [-0.15, -0.1) is 22.7 Å². The van der Waals surface area contributed by atoms with Crippen LogP contribution in [0, 0.1) is 19.8 Å². The van der Waals surface area contributed by atoms with Crippen LogP contribution in [0.2, 0.25) is 0 Å². The molecule has 3 rings (SSSR count). The molecule has 0 fully saturated rings. The van der Waals surface area contributed by atoms with Crippen LogP contribution in [0.3, 0.4) is 0 Å². The van der Waals surface area contributed by atoms with Crippen molar-refractivity contribution in [3.05, 3.63) is 31.6 Å². The molecule has 1 N–H and O–H groups in total. The van der Waals surface area contributed by atoms with Crippen molar-refractivity contribution < 1.29 is 23.9 Å². The average molecular weight is 437 g/mol. The molecular weight excluding hydrogens is 412 g/mol. The topological polar surface area (TPSA) is 94.6 Å². The van der Waals surface area contributed by atoms with E-state index in [4.69, 9.17) is 9.47 Å².